The lowest BCUT2D eigenvalue weighted by molar-refractivity contribution is -0.170. The van der Waals surface area contributed by atoms with Crippen LogP contribution in [0.2, 0.25) is 0 Å². The molecule has 2 N–H and O–H groups in total. The summed E-state index contributed by atoms with van der Waals surface area (Å²) in [6.45, 7) is 2.92. The molecule has 24 heavy (non-hydrogen) atoms. The SMILES string of the molecule is CCCCCCOC1CCC2CC3C(=O)NC(=O)NC3OC2C1Cl. The third-order valence-corrected chi connectivity index (χ3v) is 5.89. The van der Waals surface area contributed by atoms with Crippen LogP contribution >= 0.6 is 11.6 Å². The molecule has 7 heteroatoms. The molecule has 6 atom stereocenters. The molecule has 2 saturated heterocycles. The molecule has 2 heterocycles. The Morgan fingerprint density at radius 1 is 1.25 bits per heavy atom. The van der Waals surface area contributed by atoms with Crippen molar-refractivity contribution in [3.63, 3.8) is 0 Å². The van der Waals surface area contributed by atoms with Gasteiger partial charge in [-0.25, -0.2) is 4.79 Å². The molecule has 0 aromatic carbocycles. The number of hydrogen-bond donors (Lipinski definition) is 2. The van der Waals surface area contributed by atoms with Crippen LogP contribution in [0.1, 0.15) is 51.9 Å². The van der Waals surface area contributed by atoms with E-state index in [9.17, 15) is 9.59 Å². The summed E-state index contributed by atoms with van der Waals surface area (Å²) < 4.78 is 12.0. The number of ether oxygens (including phenoxy) is 2. The zero-order valence-electron chi connectivity index (χ0n) is 14.1. The van der Waals surface area contributed by atoms with Crippen LogP contribution in [0.15, 0.2) is 0 Å². The molecule has 136 valence electrons. The van der Waals surface area contributed by atoms with Crippen molar-refractivity contribution in [3.8, 4) is 0 Å². The number of halogens is 1. The minimum Gasteiger partial charge on any atom is -0.377 e. The molecule has 2 aliphatic heterocycles. The fourth-order valence-corrected chi connectivity index (χ4v) is 4.48. The summed E-state index contributed by atoms with van der Waals surface area (Å²) >= 11 is 6.64. The van der Waals surface area contributed by atoms with Crippen LogP contribution in [0.3, 0.4) is 0 Å². The van der Waals surface area contributed by atoms with Crippen molar-refractivity contribution >= 4 is 23.5 Å². The van der Waals surface area contributed by atoms with E-state index in [0.29, 0.717) is 6.42 Å². The van der Waals surface area contributed by atoms with Gasteiger partial charge >= 0.3 is 6.03 Å². The maximum atomic E-state index is 12.0. The largest absolute Gasteiger partial charge is 0.377 e. The van der Waals surface area contributed by atoms with Gasteiger partial charge in [-0.15, -0.1) is 11.6 Å². The second-order valence-corrected chi connectivity index (χ2v) is 7.58. The summed E-state index contributed by atoms with van der Waals surface area (Å²) in [6, 6.07) is -0.495. The molecule has 6 unspecified atom stereocenters. The number of nitrogens with one attached hydrogen (secondary N) is 2. The van der Waals surface area contributed by atoms with E-state index in [1.54, 1.807) is 0 Å². The summed E-state index contributed by atoms with van der Waals surface area (Å²) in [7, 11) is 0. The van der Waals surface area contributed by atoms with Crippen LogP contribution in [0.4, 0.5) is 4.79 Å². The highest BCUT2D eigenvalue weighted by Crippen LogP contribution is 2.41. The van der Waals surface area contributed by atoms with Gasteiger partial charge in [-0.05, 0) is 31.6 Å². The van der Waals surface area contributed by atoms with Gasteiger partial charge in [0.25, 0.3) is 0 Å². The number of carbonyl (C=O) groups is 2. The molecule has 1 aliphatic carbocycles. The fraction of sp³-hybridized carbons (Fsp3) is 0.882. The van der Waals surface area contributed by atoms with Crippen LogP contribution in [-0.4, -0.2) is 42.4 Å². The van der Waals surface area contributed by atoms with E-state index < -0.39 is 12.3 Å². The summed E-state index contributed by atoms with van der Waals surface area (Å²) in [5, 5.41) is 4.76. The Hall–Kier alpha value is -0.850. The Morgan fingerprint density at radius 2 is 2.08 bits per heavy atom. The van der Waals surface area contributed by atoms with Crippen molar-refractivity contribution < 1.29 is 19.1 Å². The van der Waals surface area contributed by atoms with E-state index in [1.807, 2.05) is 0 Å². The summed E-state index contributed by atoms with van der Waals surface area (Å²) in [4.78, 5) is 23.5. The Balaban J connectivity index is 1.54. The van der Waals surface area contributed by atoms with Crippen LogP contribution in [0.5, 0.6) is 0 Å². The van der Waals surface area contributed by atoms with Crippen molar-refractivity contribution in [2.24, 2.45) is 11.8 Å². The first-order valence-corrected chi connectivity index (χ1v) is 9.56. The molecule has 3 fully saturated rings. The predicted molar refractivity (Wildman–Crippen MR) is 89.7 cm³/mol. The normalized spacial score (nSPS) is 38.8. The highest BCUT2D eigenvalue weighted by molar-refractivity contribution is 6.21. The van der Waals surface area contributed by atoms with Gasteiger partial charge in [-0.3, -0.25) is 10.1 Å². The molecule has 1 saturated carbocycles. The average molecular weight is 359 g/mol. The number of fused-ring (bicyclic) bond motifs is 2. The Kier molecular flexibility index (Phi) is 6.00. The maximum absolute atomic E-state index is 12.0. The second-order valence-electron chi connectivity index (χ2n) is 7.08. The molecule has 0 bridgehead atoms. The number of rotatable bonds is 6. The van der Waals surface area contributed by atoms with Gasteiger partial charge in [-0.1, -0.05) is 26.2 Å². The summed E-state index contributed by atoms with van der Waals surface area (Å²) in [5.74, 6) is -0.323. The molecule has 0 spiro atoms. The molecule has 0 aromatic rings. The standard InChI is InChI=1S/C17H27ClN2O4/c1-2-3-4-5-8-23-12-7-6-10-9-11-15(21)19-17(22)20-16(11)24-14(10)13(12)18/h10-14,16H,2-9H2,1H3,(H2,19,20,21,22). The quantitative estimate of drug-likeness (QED) is 0.565. The first-order chi connectivity index (χ1) is 11.6. The van der Waals surface area contributed by atoms with E-state index in [2.05, 4.69) is 17.6 Å². The number of hydrogen-bond acceptors (Lipinski definition) is 4. The van der Waals surface area contributed by atoms with Gasteiger partial charge < -0.3 is 14.8 Å². The summed E-state index contributed by atoms with van der Waals surface area (Å²) in [6.07, 6.45) is 6.47. The molecule has 3 amide bonds. The Labute approximate surface area is 148 Å². The fourth-order valence-electron chi connectivity index (χ4n) is 4.01. The monoisotopic (exact) mass is 358 g/mol. The van der Waals surface area contributed by atoms with Gasteiger partial charge in [0.15, 0.2) is 0 Å². The van der Waals surface area contributed by atoms with E-state index >= 15 is 0 Å². The van der Waals surface area contributed by atoms with Crippen molar-refractivity contribution in [1.29, 1.82) is 0 Å². The van der Waals surface area contributed by atoms with Crippen molar-refractivity contribution in [2.45, 2.75) is 75.7 Å². The van der Waals surface area contributed by atoms with Crippen molar-refractivity contribution in [2.75, 3.05) is 6.61 Å². The lowest BCUT2D eigenvalue weighted by Gasteiger charge is -2.48. The van der Waals surface area contributed by atoms with Gasteiger partial charge in [0, 0.05) is 6.61 Å². The van der Waals surface area contributed by atoms with Gasteiger partial charge in [0.05, 0.1) is 23.5 Å². The van der Waals surface area contributed by atoms with Crippen LogP contribution in [0.25, 0.3) is 0 Å². The first kappa shape index (κ1) is 18.0. The van der Waals surface area contributed by atoms with Crippen LogP contribution < -0.4 is 10.6 Å². The number of alkyl halides is 1. The first-order valence-electron chi connectivity index (χ1n) is 9.12. The number of urea groups is 1. The third kappa shape index (κ3) is 3.86. The molecular weight excluding hydrogens is 332 g/mol. The average Bonchev–Trinajstić information content (AvgIpc) is 2.55. The second kappa shape index (κ2) is 8.02. The van der Waals surface area contributed by atoms with Gasteiger partial charge in [0.2, 0.25) is 5.91 Å². The van der Waals surface area contributed by atoms with E-state index in [0.717, 1.165) is 25.9 Å². The van der Waals surface area contributed by atoms with Crippen LogP contribution in [0, 0.1) is 11.8 Å². The maximum Gasteiger partial charge on any atom is 0.323 e. The molecular formula is C17H27ClN2O4. The van der Waals surface area contributed by atoms with Crippen LogP contribution in [-0.2, 0) is 14.3 Å². The van der Waals surface area contributed by atoms with Crippen molar-refractivity contribution in [1.82, 2.24) is 10.6 Å². The van der Waals surface area contributed by atoms with Gasteiger partial charge in [0.1, 0.15) is 6.23 Å². The van der Waals surface area contributed by atoms with Gasteiger partial charge in [-0.2, -0.15) is 0 Å². The zero-order chi connectivity index (χ0) is 17.1. The molecule has 0 radical (unpaired) electrons. The highest BCUT2D eigenvalue weighted by atomic mass is 35.5. The predicted octanol–water partition coefficient (Wildman–Crippen LogP) is 2.54. The zero-order valence-corrected chi connectivity index (χ0v) is 14.9. The smallest absolute Gasteiger partial charge is 0.323 e. The van der Waals surface area contributed by atoms with E-state index in [-0.39, 0.29) is 35.3 Å². The number of unbranched alkanes of at least 4 members (excludes halogenated alkanes) is 3. The molecule has 3 aliphatic rings. The molecule has 6 nitrogen and oxygen atoms in total. The number of imide groups is 1. The minimum atomic E-state index is -0.572. The topological polar surface area (TPSA) is 76.7 Å². The Morgan fingerprint density at radius 3 is 2.88 bits per heavy atom. The highest BCUT2D eigenvalue weighted by Gasteiger charge is 2.50. The molecule has 0 aromatic heterocycles. The minimum absolute atomic E-state index is 0.0146. The van der Waals surface area contributed by atoms with E-state index in [1.165, 1.54) is 19.3 Å². The lowest BCUT2D eigenvalue weighted by Crippen LogP contribution is -2.65. The van der Waals surface area contributed by atoms with E-state index in [4.69, 9.17) is 21.1 Å². The Bertz CT molecular complexity index is 476. The number of amides is 3. The number of carbonyl (C=O) groups excluding carboxylic acids is 2. The summed E-state index contributed by atoms with van der Waals surface area (Å²) in [5.41, 5.74) is 0. The molecule has 3 rings (SSSR count). The third-order valence-electron chi connectivity index (χ3n) is 5.36. The van der Waals surface area contributed by atoms with Crippen molar-refractivity contribution in [3.05, 3.63) is 0 Å². The lowest BCUT2D eigenvalue weighted by atomic mass is 9.76.